The predicted molar refractivity (Wildman–Crippen MR) is 157 cm³/mol. The van der Waals surface area contributed by atoms with Crippen molar-refractivity contribution in [1.29, 1.82) is 0 Å². The first kappa shape index (κ1) is 28.0. The molecular weight excluding hydrogens is 550 g/mol. The Balaban J connectivity index is 1.04. The van der Waals surface area contributed by atoms with Gasteiger partial charge in [0.2, 0.25) is 17.7 Å². The summed E-state index contributed by atoms with van der Waals surface area (Å²) >= 11 is 0. The molecule has 4 heterocycles. The summed E-state index contributed by atoms with van der Waals surface area (Å²) in [6, 6.07) is 15.8. The van der Waals surface area contributed by atoms with Gasteiger partial charge in [0.1, 0.15) is 11.9 Å². The van der Waals surface area contributed by atoms with Crippen molar-refractivity contribution in [2.24, 2.45) is 5.73 Å². The van der Waals surface area contributed by atoms with Gasteiger partial charge in [0.15, 0.2) is 0 Å². The summed E-state index contributed by atoms with van der Waals surface area (Å²) in [5, 5.41) is 5.50. The Labute approximate surface area is 247 Å². The highest BCUT2D eigenvalue weighted by molar-refractivity contribution is 6.25. The fourth-order valence-electron chi connectivity index (χ4n) is 5.73. The molecule has 43 heavy (non-hydrogen) atoms. The molecule has 0 spiro atoms. The Morgan fingerprint density at radius 1 is 0.930 bits per heavy atom. The quantitative estimate of drug-likeness (QED) is 0.335. The highest BCUT2D eigenvalue weighted by Crippen LogP contribution is 2.32. The minimum atomic E-state index is -1.00. The molecule has 2 fully saturated rings. The zero-order valence-corrected chi connectivity index (χ0v) is 23.4. The number of piperazine rings is 1. The van der Waals surface area contributed by atoms with Crippen LogP contribution < -0.4 is 21.3 Å². The summed E-state index contributed by atoms with van der Waals surface area (Å²) < 4.78 is 0. The Hall–Kier alpha value is -5.10. The number of rotatable bonds is 8. The molecular formula is C31H31N7O5. The normalized spacial score (nSPS) is 18.9. The van der Waals surface area contributed by atoms with Crippen LogP contribution in [0.25, 0.3) is 0 Å². The van der Waals surface area contributed by atoms with Crippen molar-refractivity contribution in [3.63, 3.8) is 0 Å². The van der Waals surface area contributed by atoms with Crippen molar-refractivity contribution in [3.8, 4) is 0 Å². The minimum absolute atomic E-state index is 0.0761. The Morgan fingerprint density at radius 3 is 2.35 bits per heavy atom. The lowest BCUT2D eigenvalue weighted by molar-refractivity contribution is -0.136. The number of nitrogens with zero attached hydrogens (tertiary/aromatic N) is 4. The number of fused-ring (bicyclic) bond motifs is 1. The molecule has 3 aliphatic rings. The second kappa shape index (κ2) is 11.6. The molecule has 0 bridgehead atoms. The topological polar surface area (TPSA) is 158 Å². The van der Waals surface area contributed by atoms with Crippen LogP contribution in [0, 0.1) is 0 Å². The zero-order chi connectivity index (χ0) is 30.1. The van der Waals surface area contributed by atoms with E-state index in [2.05, 4.69) is 37.6 Å². The molecule has 0 radical (unpaired) electrons. The lowest BCUT2D eigenvalue weighted by Crippen LogP contribution is -2.54. The molecule has 3 aliphatic heterocycles. The number of hydrogen-bond acceptors (Lipinski definition) is 9. The van der Waals surface area contributed by atoms with E-state index in [1.54, 1.807) is 24.3 Å². The summed E-state index contributed by atoms with van der Waals surface area (Å²) in [6.07, 6.45) is 1.70. The van der Waals surface area contributed by atoms with Crippen molar-refractivity contribution < 1.29 is 24.0 Å². The highest BCUT2D eigenvalue weighted by atomic mass is 16.2. The maximum absolute atomic E-state index is 13.3. The van der Waals surface area contributed by atoms with Crippen LogP contribution in [0.4, 0.5) is 11.5 Å². The van der Waals surface area contributed by atoms with Crippen molar-refractivity contribution >= 4 is 41.0 Å². The molecule has 1 aromatic heterocycles. The molecule has 2 aromatic carbocycles. The van der Waals surface area contributed by atoms with Crippen molar-refractivity contribution in [3.05, 3.63) is 88.6 Å². The second-order valence-corrected chi connectivity index (χ2v) is 10.9. The van der Waals surface area contributed by atoms with Crippen LogP contribution in [0.2, 0.25) is 0 Å². The summed E-state index contributed by atoms with van der Waals surface area (Å²) in [7, 11) is 0. The number of carbonyl (C=O) groups excluding carboxylic acids is 5. The van der Waals surface area contributed by atoms with Gasteiger partial charge in [-0.05, 0) is 41.8 Å². The number of hydrogen-bond donors (Lipinski definition) is 3. The molecule has 12 heteroatoms. The van der Waals surface area contributed by atoms with Crippen LogP contribution in [0.1, 0.15) is 55.0 Å². The molecule has 220 valence electrons. The Kier molecular flexibility index (Phi) is 7.59. The molecule has 2 saturated heterocycles. The average Bonchev–Trinajstić information content (AvgIpc) is 3.27. The number of amides is 5. The standard InChI is InChI=1S/C31H31N7O5/c32-28(40)21-8-10-25(34-17-21)37-14-12-36(13-15-37)18-20-6-4-19(5-7-20)16-33-23-3-1-2-22-27(23)31(43)38(30(22)42)24-9-11-26(39)35-29(24)41/h1-8,10,17,24,33H,9,11-16,18H2,(H2,32,40)(H,35,39,41)/t24-/m1/s1. The molecule has 0 unspecified atom stereocenters. The molecule has 6 rings (SSSR count). The van der Waals surface area contributed by atoms with Crippen LogP contribution in [-0.2, 0) is 22.7 Å². The first-order chi connectivity index (χ1) is 20.8. The van der Waals surface area contributed by atoms with Crippen molar-refractivity contribution in [2.75, 3.05) is 36.4 Å². The number of piperidine rings is 1. The number of primary amides is 1. The third kappa shape index (κ3) is 5.69. The maximum Gasteiger partial charge on any atom is 0.264 e. The number of pyridine rings is 1. The molecule has 5 amide bonds. The largest absolute Gasteiger partial charge is 0.380 e. The van der Waals surface area contributed by atoms with E-state index >= 15 is 0 Å². The number of nitrogens with two attached hydrogens (primary N) is 1. The van der Waals surface area contributed by atoms with Gasteiger partial charge >= 0.3 is 0 Å². The van der Waals surface area contributed by atoms with E-state index < -0.39 is 35.6 Å². The van der Waals surface area contributed by atoms with E-state index in [1.165, 1.54) is 11.8 Å². The lowest BCUT2D eigenvalue weighted by atomic mass is 10.0. The Bertz CT molecular complexity index is 1600. The van der Waals surface area contributed by atoms with Crippen LogP contribution in [-0.4, -0.2) is 76.5 Å². The number of aromatic nitrogens is 1. The summed E-state index contributed by atoms with van der Waals surface area (Å²) in [5.74, 6) is -1.75. The number of anilines is 2. The van der Waals surface area contributed by atoms with E-state index in [4.69, 9.17) is 5.73 Å². The second-order valence-electron chi connectivity index (χ2n) is 10.9. The fraction of sp³-hybridized carbons (Fsp3) is 0.290. The fourth-order valence-corrected chi connectivity index (χ4v) is 5.73. The van der Waals surface area contributed by atoms with Crippen LogP contribution in [0.15, 0.2) is 60.8 Å². The van der Waals surface area contributed by atoms with E-state index in [0.29, 0.717) is 17.8 Å². The lowest BCUT2D eigenvalue weighted by Gasteiger charge is -2.35. The third-order valence-electron chi connectivity index (χ3n) is 8.11. The van der Waals surface area contributed by atoms with Gasteiger partial charge in [-0.15, -0.1) is 0 Å². The first-order valence-electron chi connectivity index (χ1n) is 14.2. The van der Waals surface area contributed by atoms with Gasteiger partial charge < -0.3 is 16.0 Å². The van der Waals surface area contributed by atoms with Gasteiger partial charge in [0.25, 0.3) is 11.8 Å². The Morgan fingerprint density at radius 2 is 1.67 bits per heavy atom. The first-order valence-corrected chi connectivity index (χ1v) is 14.2. The molecule has 3 aromatic rings. The van der Waals surface area contributed by atoms with Gasteiger partial charge in [0, 0.05) is 57.6 Å². The maximum atomic E-state index is 13.3. The van der Waals surface area contributed by atoms with Gasteiger partial charge in [0.05, 0.1) is 16.7 Å². The molecule has 1 atom stereocenters. The molecule has 12 nitrogen and oxygen atoms in total. The van der Waals surface area contributed by atoms with E-state index in [9.17, 15) is 24.0 Å². The van der Waals surface area contributed by atoms with Gasteiger partial charge in [-0.2, -0.15) is 0 Å². The SMILES string of the molecule is NC(=O)c1ccc(N2CCN(Cc3ccc(CNc4cccc5c4C(=O)N([C@@H]4CCC(=O)NC4=O)C5=O)cc3)CC2)nc1. The van der Waals surface area contributed by atoms with Crippen LogP contribution in [0.5, 0.6) is 0 Å². The van der Waals surface area contributed by atoms with Crippen LogP contribution in [0.3, 0.4) is 0 Å². The number of nitrogens with one attached hydrogen (secondary N) is 2. The minimum Gasteiger partial charge on any atom is -0.380 e. The molecule has 4 N–H and O–H groups in total. The van der Waals surface area contributed by atoms with Gasteiger partial charge in [-0.3, -0.25) is 39.1 Å². The summed E-state index contributed by atoms with van der Waals surface area (Å²) in [5.41, 5.74) is 8.90. The number of imide groups is 2. The average molecular weight is 582 g/mol. The third-order valence-corrected chi connectivity index (χ3v) is 8.11. The van der Waals surface area contributed by atoms with E-state index in [-0.39, 0.29) is 24.0 Å². The highest BCUT2D eigenvalue weighted by Gasteiger charge is 2.45. The number of benzene rings is 2. The van der Waals surface area contributed by atoms with Crippen LogP contribution >= 0.6 is 0 Å². The predicted octanol–water partition coefficient (Wildman–Crippen LogP) is 1.52. The zero-order valence-electron chi connectivity index (χ0n) is 23.4. The van der Waals surface area contributed by atoms with Crippen molar-refractivity contribution in [1.82, 2.24) is 20.1 Å². The van der Waals surface area contributed by atoms with Crippen molar-refractivity contribution in [2.45, 2.75) is 32.0 Å². The van der Waals surface area contributed by atoms with E-state index in [0.717, 1.165) is 49.0 Å². The molecule has 0 saturated carbocycles. The van der Waals surface area contributed by atoms with Gasteiger partial charge in [-0.25, -0.2) is 4.98 Å². The molecule has 0 aliphatic carbocycles. The summed E-state index contributed by atoms with van der Waals surface area (Å²) in [6.45, 7) is 4.67. The smallest absolute Gasteiger partial charge is 0.264 e. The van der Waals surface area contributed by atoms with Gasteiger partial charge in [-0.1, -0.05) is 30.3 Å². The van der Waals surface area contributed by atoms with E-state index in [1.807, 2.05) is 18.2 Å². The monoisotopic (exact) mass is 581 g/mol. The summed E-state index contributed by atoms with van der Waals surface area (Å²) in [4.78, 5) is 71.5. The number of carbonyl (C=O) groups is 5.